The molecule has 22 heavy (non-hydrogen) atoms. The normalized spacial score (nSPS) is 57.1. The number of fused-ring (bicyclic) bond motifs is 5. The highest BCUT2D eigenvalue weighted by Gasteiger charge is 2.55. The van der Waals surface area contributed by atoms with Crippen LogP contribution in [0.5, 0.6) is 0 Å². The summed E-state index contributed by atoms with van der Waals surface area (Å²) in [5, 5.41) is 20.6. The Kier molecular flexibility index (Phi) is 3.67. The first-order chi connectivity index (χ1) is 10.5. The van der Waals surface area contributed by atoms with Gasteiger partial charge >= 0.3 is 0 Å². The summed E-state index contributed by atoms with van der Waals surface area (Å²) in [4.78, 5) is 0. The highest BCUT2D eigenvalue weighted by atomic mass is 16.5. The van der Waals surface area contributed by atoms with Crippen molar-refractivity contribution in [1.82, 2.24) is 0 Å². The Hall–Kier alpha value is -0.380. The molecule has 0 aliphatic heterocycles. The van der Waals surface area contributed by atoms with E-state index >= 15 is 0 Å². The highest BCUT2D eigenvalue weighted by Crippen LogP contribution is 2.60. The molecular weight excluding hydrogens is 276 g/mol. The summed E-state index contributed by atoms with van der Waals surface area (Å²) in [5.41, 5.74) is 0.0723. The van der Waals surface area contributed by atoms with Gasteiger partial charge in [-0.05, 0) is 68.1 Å². The van der Waals surface area contributed by atoms with E-state index in [-0.39, 0.29) is 23.7 Å². The van der Waals surface area contributed by atoms with Gasteiger partial charge in [0.1, 0.15) is 0 Å². The van der Waals surface area contributed by atoms with Gasteiger partial charge in [0.25, 0.3) is 0 Å². The lowest BCUT2D eigenvalue weighted by Crippen LogP contribution is -2.52. The first kappa shape index (κ1) is 15.2. The number of hydrogen-bond donors (Lipinski definition) is 2. The summed E-state index contributed by atoms with van der Waals surface area (Å²) in [6.07, 6.45) is 10.7. The number of hydrogen-bond acceptors (Lipinski definition) is 3. The Morgan fingerprint density at radius 3 is 2.59 bits per heavy atom. The SMILES string of the molecule is COC1CC2C(CCC3C2CC[C@@]2(C)C3C=C[C@@H]2O)CC1O. The minimum absolute atomic E-state index is 0.0259. The van der Waals surface area contributed by atoms with Gasteiger partial charge in [0, 0.05) is 12.5 Å². The van der Waals surface area contributed by atoms with Crippen LogP contribution in [0.25, 0.3) is 0 Å². The van der Waals surface area contributed by atoms with E-state index in [1.54, 1.807) is 7.11 Å². The predicted octanol–water partition coefficient (Wildman–Crippen LogP) is 2.76. The predicted molar refractivity (Wildman–Crippen MR) is 85.2 cm³/mol. The van der Waals surface area contributed by atoms with E-state index in [0.717, 1.165) is 31.1 Å². The van der Waals surface area contributed by atoms with Gasteiger partial charge in [-0.2, -0.15) is 0 Å². The van der Waals surface area contributed by atoms with Crippen LogP contribution in [0.3, 0.4) is 0 Å². The second kappa shape index (κ2) is 5.32. The molecule has 3 fully saturated rings. The highest BCUT2D eigenvalue weighted by molar-refractivity contribution is 5.18. The molecule has 0 aromatic carbocycles. The third-order valence-corrected chi connectivity index (χ3v) is 7.77. The zero-order valence-electron chi connectivity index (χ0n) is 13.8. The van der Waals surface area contributed by atoms with Crippen molar-refractivity contribution >= 4 is 0 Å². The molecular formula is C19H30O3. The standard InChI is InChI=1S/C19H30O3/c1-19-8-7-12-13(15(19)5-6-18(19)21)4-3-11-9-16(20)17(22-2)10-14(11)12/h5-6,11-18,20-21H,3-4,7-10H2,1-2H3/t11?,12?,13?,14?,15?,16?,17?,18-,19-/m0/s1. The fourth-order valence-corrected chi connectivity index (χ4v) is 6.46. The van der Waals surface area contributed by atoms with Gasteiger partial charge in [0.15, 0.2) is 0 Å². The first-order valence-electron chi connectivity index (χ1n) is 9.12. The zero-order valence-corrected chi connectivity index (χ0v) is 13.8. The minimum Gasteiger partial charge on any atom is -0.390 e. The van der Waals surface area contributed by atoms with Crippen LogP contribution in [-0.2, 0) is 4.74 Å². The molecule has 3 heteroatoms. The van der Waals surface area contributed by atoms with Crippen LogP contribution in [0.4, 0.5) is 0 Å². The third-order valence-electron chi connectivity index (χ3n) is 7.77. The summed E-state index contributed by atoms with van der Waals surface area (Å²) in [6.45, 7) is 2.28. The number of aliphatic hydroxyl groups excluding tert-OH is 2. The van der Waals surface area contributed by atoms with Crippen molar-refractivity contribution in [3.63, 3.8) is 0 Å². The molecule has 9 atom stereocenters. The lowest BCUT2D eigenvalue weighted by molar-refractivity contribution is -0.124. The van der Waals surface area contributed by atoms with E-state index in [1.807, 2.05) is 6.08 Å². The van der Waals surface area contributed by atoms with Crippen molar-refractivity contribution in [3.05, 3.63) is 12.2 Å². The zero-order chi connectivity index (χ0) is 15.5. The molecule has 3 nitrogen and oxygen atoms in total. The van der Waals surface area contributed by atoms with Gasteiger partial charge in [-0.1, -0.05) is 19.1 Å². The molecule has 0 amide bonds. The average Bonchev–Trinajstić information content (AvgIpc) is 2.82. The monoisotopic (exact) mass is 306 g/mol. The summed E-state index contributed by atoms with van der Waals surface area (Å²) in [5.74, 6) is 3.43. The first-order valence-corrected chi connectivity index (χ1v) is 9.12. The minimum atomic E-state index is -0.273. The Morgan fingerprint density at radius 2 is 1.82 bits per heavy atom. The molecule has 4 rings (SSSR count). The Balaban J connectivity index is 1.57. The second-order valence-corrected chi connectivity index (χ2v) is 8.54. The Morgan fingerprint density at radius 1 is 1.00 bits per heavy atom. The van der Waals surface area contributed by atoms with Gasteiger partial charge in [-0.15, -0.1) is 0 Å². The van der Waals surface area contributed by atoms with Crippen molar-refractivity contribution < 1.29 is 14.9 Å². The molecule has 2 N–H and O–H groups in total. The van der Waals surface area contributed by atoms with Gasteiger partial charge in [0.2, 0.25) is 0 Å². The number of ether oxygens (including phenoxy) is 1. The van der Waals surface area contributed by atoms with E-state index in [1.165, 1.54) is 19.3 Å². The topological polar surface area (TPSA) is 49.7 Å². The van der Waals surface area contributed by atoms with Crippen LogP contribution in [0.15, 0.2) is 12.2 Å². The maximum atomic E-state index is 10.4. The number of aliphatic hydroxyl groups is 2. The van der Waals surface area contributed by atoms with Crippen LogP contribution in [0, 0.1) is 35.0 Å². The molecule has 0 aromatic heterocycles. The van der Waals surface area contributed by atoms with Crippen molar-refractivity contribution in [2.75, 3.05) is 7.11 Å². The van der Waals surface area contributed by atoms with Crippen molar-refractivity contribution in [2.45, 2.75) is 63.8 Å². The smallest absolute Gasteiger partial charge is 0.0833 e. The number of rotatable bonds is 1. The van der Waals surface area contributed by atoms with Crippen molar-refractivity contribution in [2.24, 2.45) is 35.0 Å². The van der Waals surface area contributed by atoms with Gasteiger partial charge in [0.05, 0.1) is 18.3 Å². The lowest BCUT2D eigenvalue weighted by atomic mass is 9.50. The maximum Gasteiger partial charge on any atom is 0.0833 e. The summed E-state index contributed by atoms with van der Waals surface area (Å²) in [6, 6.07) is 0. The molecule has 0 spiro atoms. The Labute approximate surface area is 133 Å². The summed E-state index contributed by atoms with van der Waals surface area (Å²) in [7, 11) is 1.74. The number of methoxy groups -OCH3 is 1. The molecule has 0 radical (unpaired) electrons. The molecule has 7 unspecified atom stereocenters. The number of allylic oxidation sites excluding steroid dienone is 1. The maximum absolute atomic E-state index is 10.4. The van der Waals surface area contributed by atoms with E-state index < -0.39 is 0 Å². The summed E-state index contributed by atoms with van der Waals surface area (Å²) >= 11 is 0. The molecule has 124 valence electrons. The molecule has 4 aliphatic carbocycles. The van der Waals surface area contributed by atoms with Crippen LogP contribution in [0.1, 0.15) is 45.4 Å². The third kappa shape index (κ3) is 2.05. The molecule has 0 saturated heterocycles. The fraction of sp³-hybridized carbons (Fsp3) is 0.895. The van der Waals surface area contributed by atoms with Crippen LogP contribution >= 0.6 is 0 Å². The van der Waals surface area contributed by atoms with Gasteiger partial charge < -0.3 is 14.9 Å². The van der Waals surface area contributed by atoms with Crippen LogP contribution in [-0.4, -0.2) is 35.6 Å². The Bertz CT molecular complexity index is 462. The largest absolute Gasteiger partial charge is 0.390 e. The molecule has 3 saturated carbocycles. The summed E-state index contributed by atoms with van der Waals surface area (Å²) < 4.78 is 5.55. The average molecular weight is 306 g/mol. The van der Waals surface area contributed by atoms with Crippen molar-refractivity contribution in [1.29, 1.82) is 0 Å². The molecule has 0 bridgehead atoms. The molecule has 0 aromatic rings. The van der Waals surface area contributed by atoms with Crippen LogP contribution < -0.4 is 0 Å². The van der Waals surface area contributed by atoms with Gasteiger partial charge in [-0.3, -0.25) is 0 Å². The molecule has 0 heterocycles. The fourth-order valence-electron chi connectivity index (χ4n) is 6.46. The van der Waals surface area contributed by atoms with E-state index in [4.69, 9.17) is 4.74 Å². The quantitative estimate of drug-likeness (QED) is 0.732. The van der Waals surface area contributed by atoms with E-state index in [2.05, 4.69) is 13.0 Å². The second-order valence-electron chi connectivity index (χ2n) is 8.54. The van der Waals surface area contributed by atoms with Crippen molar-refractivity contribution in [3.8, 4) is 0 Å². The van der Waals surface area contributed by atoms with E-state index in [0.29, 0.717) is 17.8 Å². The van der Waals surface area contributed by atoms with Crippen LogP contribution in [0.2, 0.25) is 0 Å². The lowest BCUT2D eigenvalue weighted by Gasteiger charge is -2.56. The van der Waals surface area contributed by atoms with Gasteiger partial charge in [-0.25, -0.2) is 0 Å². The van der Waals surface area contributed by atoms with E-state index in [9.17, 15) is 10.2 Å². The molecule has 4 aliphatic rings.